The molecular formula is C21H32N2O5. The summed E-state index contributed by atoms with van der Waals surface area (Å²) in [6, 6.07) is 5.60. The van der Waals surface area contributed by atoms with Gasteiger partial charge in [0.2, 0.25) is 5.91 Å². The molecule has 7 heteroatoms. The molecule has 7 nitrogen and oxygen atoms in total. The molecule has 3 N–H and O–H groups in total. The highest BCUT2D eigenvalue weighted by molar-refractivity contribution is 5.89. The minimum Gasteiger partial charge on any atom is -0.480 e. The number of carbonyl (C=O) groups is 3. The van der Waals surface area contributed by atoms with Gasteiger partial charge < -0.3 is 20.5 Å². The van der Waals surface area contributed by atoms with Crippen LogP contribution in [0.15, 0.2) is 24.3 Å². The summed E-state index contributed by atoms with van der Waals surface area (Å²) in [5.41, 5.74) is 1.17. The van der Waals surface area contributed by atoms with E-state index in [0.717, 1.165) is 11.1 Å². The van der Waals surface area contributed by atoms with Crippen molar-refractivity contribution in [3.05, 3.63) is 35.4 Å². The Hall–Kier alpha value is -2.57. The molecule has 0 saturated carbocycles. The van der Waals surface area contributed by atoms with Crippen LogP contribution >= 0.6 is 0 Å². The molecule has 0 bridgehead atoms. The van der Waals surface area contributed by atoms with Gasteiger partial charge in [0.05, 0.1) is 0 Å². The van der Waals surface area contributed by atoms with Crippen LogP contribution in [0.5, 0.6) is 0 Å². The summed E-state index contributed by atoms with van der Waals surface area (Å²) in [5.74, 6) is -1.57. The van der Waals surface area contributed by atoms with Crippen molar-refractivity contribution >= 4 is 18.0 Å². The molecule has 0 aliphatic carbocycles. The van der Waals surface area contributed by atoms with Crippen LogP contribution in [0.4, 0.5) is 4.79 Å². The molecule has 0 aliphatic heterocycles. The second kappa shape index (κ2) is 10.1. The Morgan fingerprint density at radius 1 is 1.11 bits per heavy atom. The van der Waals surface area contributed by atoms with E-state index in [-0.39, 0.29) is 12.3 Å². The van der Waals surface area contributed by atoms with E-state index in [9.17, 15) is 19.5 Å². The van der Waals surface area contributed by atoms with Crippen molar-refractivity contribution in [3.63, 3.8) is 0 Å². The first-order valence-corrected chi connectivity index (χ1v) is 9.45. The quantitative estimate of drug-likeness (QED) is 0.631. The Labute approximate surface area is 166 Å². The van der Waals surface area contributed by atoms with Crippen LogP contribution in [0.3, 0.4) is 0 Å². The van der Waals surface area contributed by atoms with Crippen LogP contribution in [0.2, 0.25) is 0 Å². The van der Waals surface area contributed by atoms with Gasteiger partial charge in [-0.05, 0) is 45.6 Å². The van der Waals surface area contributed by atoms with E-state index in [1.807, 2.05) is 45.0 Å². The molecule has 0 aliphatic rings. The van der Waals surface area contributed by atoms with Crippen molar-refractivity contribution in [2.75, 3.05) is 0 Å². The van der Waals surface area contributed by atoms with E-state index in [1.165, 1.54) is 0 Å². The van der Waals surface area contributed by atoms with Gasteiger partial charge in [-0.15, -0.1) is 0 Å². The standard InChI is InChI=1S/C21H32N2O5/c1-13(2)10-17(19(25)26)22-18(24)16(23-20(27)28-21(4,5)6)12-15-9-7-8-14(3)11-15/h7-9,11,13,16-17H,10,12H2,1-6H3,(H,22,24)(H,23,27)(H,25,26)/t16-,17-/m0/s1. The van der Waals surface area contributed by atoms with Crippen molar-refractivity contribution in [2.45, 2.75) is 72.1 Å². The number of rotatable bonds is 8. The average molecular weight is 392 g/mol. The average Bonchev–Trinajstić information content (AvgIpc) is 2.51. The Morgan fingerprint density at radius 3 is 2.25 bits per heavy atom. The summed E-state index contributed by atoms with van der Waals surface area (Å²) >= 11 is 0. The summed E-state index contributed by atoms with van der Waals surface area (Å²) in [5, 5.41) is 14.5. The van der Waals surface area contributed by atoms with E-state index in [0.29, 0.717) is 6.42 Å². The summed E-state index contributed by atoms with van der Waals surface area (Å²) < 4.78 is 5.25. The maximum absolute atomic E-state index is 12.8. The molecule has 0 spiro atoms. The Morgan fingerprint density at radius 2 is 1.75 bits per heavy atom. The third kappa shape index (κ3) is 8.88. The van der Waals surface area contributed by atoms with E-state index in [4.69, 9.17) is 4.74 Å². The number of ether oxygens (including phenoxy) is 1. The summed E-state index contributed by atoms with van der Waals surface area (Å²) in [6.45, 7) is 10.9. The number of carbonyl (C=O) groups excluding carboxylic acids is 2. The van der Waals surface area contributed by atoms with Gasteiger partial charge in [-0.3, -0.25) is 4.79 Å². The number of hydrogen-bond donors (Lipinski definition) is 3. The number of carboxylic acids is 1. The zero-order valence-electron chi connectivity index (χ0n) is 17.5. The minimum absolute atomic E-state index is 0.0930. The lowest BCUT2D eigenvalue weighted by molar-refractivity contribution is -0.142. The number of benzene rings is 1. The molecule has 156 valence electrons. The normalized spacial score (nSPS) is 13.5. The van der Waals surface area contributed by atoms with Crippen molar-refractivity contribution in [3.8, 4) is 0 Å². The molecule has 0 heterocycles. The fraction of sp³-hybridized carbons (Fsp3) is 0.571. The van der Waals surface area contributed by atoms with Crippen LogP contribution in [-0.2, 0) is 20.7 Å². The number of aliphatic carboxylic acids is 1. The largest absolute Gasteiger partial charge is 0.480 e. The van der Waals surface area contributed by atoms with Gasteiger partial charge in [-0.25, -0.2) is 9.59 Å². The van der Waals surface area contributed by atoms with E-state index < -0.39 is 35.7 Å². The molecule has 1 rings (SSSR count). The fourth-order valence-electron chi connectivity index (χ4n) is 2.70. The maximum Gasteiger partial charge on any atom is 0.408 e. The third-order valence-corrected chi connectivity index (χ3v) is 3.85. The predicted molar refractivity (Wildman–Crippen MR) is 107 cm³/mol. The molecule has 1 aromatic rings. The van der Waals surface area contributed by atoms with Crippen molar-refractivity contribution in [1.82, 2.24) is 10.6 Å². The van der Waals surface area contributed by atoms with Crippen LogP contribution < -0.4 is 10.6 Å². The van der Waals surface area contributed by atoms with Crippen molar-refractivity contribution in [2.24, 2.45) is 5.92 Å². The summed E-state index contributed by atoms with van der Waals surface area (Å²) in [4.78, 5) is 36.5. The lowest BCUT2D eigenvalue weighted by Crippen LogP contribution is -2.53. The zero-order chi connectivity index (χ0) is 21.5. The smallest absolute Gasteiger partial charge is 0.408 e. The first-order valence-electron chi connectivity index (χ1n) is 9.45. The van der Waals surface area contributed by atoms with Gasteiger partial charge in [-0.2, -0.15) is 0 Å². The molecule has 0 fully saturated rings. The Kier molecular flexibility index (Phi) is 8.47. The lowest BCUT2D eigenvalue weighted by Gasteiger charge is -2.25. The van der Waals surface area contributed by atoms with Crippen molar-refractivity contribution in [1.29, 1.82) is 0 Å². The second-order valence-corrected chi connectivity index (χ2v) is 8.42. The van der Waals surface area contributed by atoms with Gasteiger partial charge in [0, 0.05) is 6.42 Å². The van der Waals surface area contributed by atoms with Gasteiger partial charge >= 0.3 is 12.1 Å². The van der Waals surface area contributed by atoms with Crippen LogP contribution in [0, 0.1) is 12.8 Å². The van der Waals surface area contributed by atoms with Gasteiger partial charge in [-0.1, -0.05) is 43.7 Å². The predicted octanol–water partition coefficient (Wildman–Crippen LogP) is 3.05. The second-order valence-electron chi connectivity index (χ2n) is 8.42. The summed E-state index contributed by atoms with van der Waals surface area (Å²) in [7, 11) is 0. The molecule has 0 unspecified atom stereocenters. The minimum atomic E-state index is -1.10. The number of carboxylic acid groups (broad SMARTS) is 1. The van der Waals surface area contributed by atoms with E-state index in [2.05, 4.69) is 10.6 Å². The highest BCUT2D eigenvalue weighted by Gasteiger charge is 2.28. The Balaban J connectivity index is 2.98. The van der Waals surface area contributed by atoms with Crippen LogP contribution in [-0.4, -0.2) is 40.8 Å². The first kappa shape index (κ1) is 23.5. The Bertz CT molecular complexity index is 694. The molecule has 2 atom stereocenters. The molecule has 0 saturated heterocycles. The molecule has 28 heavy (non-hydrogen) atoms. The number of alkyl carbamates (subject to hydrolysis) is 1. The van der Waals surface area contributed by atoms with Crippen LogP contribution in [0.25, 0.3) is 0 Å². The van der Waals surface area contributed by atoms with E-state index in [1.54, 1.807) is 20.8 Å². The third-order valence-electron chi connectivity index (χ3n) is 3.85. The molecule has 0 aromatic heterocycles. The molecule has 2 amide bonds. The zero-order valence-corrected chi connectivity index (χ0v) is 17.5. The lowest BCUT2D eigenvalue weighted by atomic mass is 10.0. The molecule has 0 radical (unpaired) electrons. The van der Waals surface area contributed by atoms with Crippen molar-refractivity contribution < 1.29 is 24.2 Å². The molecular weight excluding hydrogens is 360 g/mol. The van der Waals surface area contributed by atoms with Gasteiger partial charge in [0.25, 0.3) is 0 Å². The van der Waals surface area contributed by atoms with Gasteiger partial charge in [0.15, 0.2) is 0 Å². The monoisotopic (exact) mass is 392 g/mol. The molecule has 1 aromatic carbocycles. The fourth-order valence-corrected chi connectivity index (χ4v) is 2.70. The number of hydrogen-bond acceptors (Lipinski definition) is 4. The summed E-state index contributed by atoms with van der Waals surface area (Å²) in [6.07, 6.45) is -0.207. The van der Waals surface area contributed by atoms with E-state index >= 15 is 0 Å². The number of amides is 2. The SMILES string of the molecule is Cc1cccc(C[C@H](NC(=O)OC(C)(C)C)C(=O)N[C@@H](CC(C)C)C(=O)O)c1. The highest BCUT2D eigenvalue weighted by Crippen LogP contribution is 2.11. The highest BCUT2D eigenvalue weighted by atomic mass is 16.6. The van der Waals surface area contributed by atoms with Gasteiger partial charge in [0.1, 0.15) is 17.7 Å². The topological polar surface area (TPSA) is 105 Å². The number of nitrogens with one attached hydrogen (secondary N) is 2. The first-order chi connectivity index (χ1) is 12.9. The van der Waals surface area contributed by atoms with Crippen LogP contribution in [0.1, 0.15) is 52.2 Å². The number of aryl methyl sites for hydroxylation is 1. The maximum atomic E-state index is 12.8.